The van der Waals surface area contributed by atoms with Crippen LogP contribution < -0.4 is 0 Å². The maximum absolute atomic E-state index is 5.26. The molecule has 1 atom stereocenters. The van der Waals surface area contributed by atoms with Crippen molar-refractivity contribution in [1.29, 1.82) is 0 Å². The Hall–Kier alpha value is -6.42. The minimum atomic E-state index is -0.542. The summed E-state index contributed by atoms with van der Waals surface area (Å²) in [4.78, 5) is 10.3. The molecular formula is C49H30N2S. The molecule has 2 aromatic heterocycles. The van der Waals surface area contributed by atoms with E-state index in [1.807, 2.05) is 35.6 Å². The number of hydrogen-bond acceptors (Lipinski definition) is 3. The van der Waals surface area contributed by atoms with Gasteiger partial charge in [0.25, 0.3) is 0 Å². The van der Waals surface area contributed by atoms with Gasteiger partial charge < -0.3 is 0 Å². The maximum Gasteiger partial charge on any atom is 0.160 e. The lowest BCUT2D eigenvalue weighted by atomic mass is 9.65. The fourth-order valence-corrected chi connectivity index (χ4v) is 9.76. The number of hydrogen-bond donors (Lipinski definition) is 0. The van der Waals surface area contributed by atoms with E-state index in [2.05, 4.69) is 158 Å². The van der Waals surface area contributed by atoms with Crippen LogP contribution in [0.4, 0.5) is 0 Å². The van der Waals surface area contributed by atoms with Crippen molar-refractivity contribution in [2.24, 2.45) is 0 Å². The van der Waals surface area contributed by atoms with Crippen LogP contribution in [0.25, 0.3) is 77.4 Å². The molecule has 3 heteroatoms. The third-order valence-corrected chi connectivity index (χ3v) is 12.1. The number of thiophene rings is 1. The predicted octanol–water partition coefficient (Wildman–Crippen LogP) is 12.7. The van der Waals surface area contributed by atoms with Crippen LogP contribution in [0.3, 0.4) is 0 Å². The lowest BCUT2D eigenvalue weighted by molar-refractivity contribution is 0.768. The van der Waals surface area contributed by atoms with E-state index in [4.69, 9.17) is 9.97 Å². The Morgan fingerprint density at radius 1 is 0.385 bits per heavy atom. The average Bonchev–Trinajstić information content (AvgIpc) is 3.67. The number of aromatic nitrogens is 2. The van der Waals surface area contributed by atoms with Crippen LogP contribution in [0.1, 0.15) is 33.4 Å². The standard InChI is InChI=1S/C49H30N2S/c1-3-14-33(15-4-1)44-30-45(51-48(50-44)34-16-5-2-6-17-34)35-26-25-32-24-23-31-13-7-10-20-40(31)49(42(32)27-35)41-21-11-8-18-36(41)38-28-39-37-19-9-12-22-46(37)52-47(39)29-43(38)49/h1-30H. The van der Waals surface area contributed by atoms with Crippen LogP contribution in [0, 0.1) is 0 Å². The largest absolute Gasteiger partial charge is 0.228 e. The first-order valence-electron chi connectivity index (χ1n) is 17.7. The molecule has 0 fully saturated rings. The Morgan fingerprint density at radius 3 is 1.87 bits per heavy atom. The minimum absolute atomic E-state index is 0.542. The van der Waals surface area contributed by atoms with Crippen LogP contribution in [0.5, 0.6) is 0 Å². The molecule has 52 heavy (non-hydrogen) atoms. The summed E-state index contributed by atoms with van der Waals surface area (Å²) in [7, 11) is 0. The zero-order valence-electron chi connectivity index (χ0n) is 28.1. The van der Waals surface area contributed by atoms with Gasteiger partial charge in [0.1, 0.15) is 0 Å². The highest BCUT2D eigenvalue weighted by molar-refractivity contribution is 7.25. The predicted molar refractivity (Wildman–Crippen MR) is 217 cm³/mol. The smallest absolute Gasteiger partial charge is 0.160 e. The van der Waals surface area contributed by atoms with Gasteiger partial charge in [-0.05, 0) is 74.8 Å². The van der Waals surface area contributed by atoms with Crippen LogP contribution in [0.15, 0.2) is 170 Å². The van der Waals surface area contributed by atoms with E-state index < -0.39 is 5.41 Å². The molecule has 2 aliphatic carbocycles. The van der Waals surface area contributed by atoms with Crippen LogP contribution >= 0.6 is 11.3 Å². The molecule has 9 aromatic rings. The third-order valence-electron chi connectivity index (χ3n) is 10.9. The molecule has 242 valence electrons. The Kier molecular flexibility index (Phi) is 6.37. The van der Waals surface area contributed by atoms with E-state index in [0.29, 0.717) is 0 Å². The van der Waals surface area contributed by atoms with Gasteiger partial charge in [-0.15, -0.1) is 11.3 Å². The highest BCUT2D eigenvalue weighted by Gasteiger charge is 2.48. The summed E-state index contributed by atoms with van der Waals surface area (Å²) in [6.45, 7) is 0. The van der Waals surface area contributed by atoms with Crippen molar-refractivity contribution in [3.05, 3.63) is 203 Å². The van der Waals surface area contributed by atoms with E-state index in [1.165, 1.54) is 64.7 Å². The molecule has 2 nitrogen and oxygen atoms in total. The first kappa shape index (κ1) is 29.3. The maximum atomic E-state index is 5.26. The van der Waals surface area contributed by atoms with E-state index in [0.717, 1.165) is 33.9 Å². The summed E-state index contributed by atoms with van der Waals surface area (Å²) in [5.41, 5.74) is 14.6. The van der Waals surface area contributed by atoms with Gasteiger partial charge in [0.2, 0.25) is 0 Å². The Morgan fingerprint density at radius 2 is 1.04 bits per heavy atom. The first-order valence-corrected chi connectivity index (χ1v) is 18.6. The first-order chi connectivity index (χ1) is 25.8. The molecule has 1 spiro atoms. The molecule has 0 saturated heterocycles. The second-order valence-electron chi connectivity index (χ2n) is 13.7. The van der Waals surface area contributed by atoms with Gasteiger partial charge in [-0.1, -0.05) is 152 Å². The second-order valence-corrected chi connectivity index (χ2v) is 14.8. The van der Waals surface area contributed by atoms with Gasteiger partial charge in [0.15, 0.2) is 5.82 Å². The van der Waals surface area contributed by atoms with E-state index in [1.54, 1.807) is 0 Å². The van der Waals surface area contributed by atoms with Crippen molar-refractivity contribution >= 4 is 43.7 Å². The monoisotopic (exact) mass is 678 g/mol. The summed E-state index contributed by atoms with van der Waals surface area (Å²) >= 11 is 1.89. The van der Waals surface area contributed by atoms with Crippen molar-refractivity contribution < 1.29 is 0 Å². The normalized spacial score (nSPS) is 15.3. The SMILES string of the molecule is C1=Cc2ccc(-c3cc(-c4ccccc4)nc(-c4ccccc4)n3)cc2C2(c3ccccc31)c1ccccc1-c1cc3c(cc12)sc1ccccc13. The molecular weight excluding hydrogens is 649 g/mol. The zero-order chi connectivity index (χ0) is 34.2. The molecule has 2 heterocycles. The van der Waals surface area contributed by atoms with Gasteiger partial charge in [0, 0.05) is 36.9 Å². The summed E-state index contributed by atoms with van der Waals surface area (Å²) < 4.78 is 2.64. The lowest BCUT2D eigenvalue weighted by Crippen LogP contribution is -2.30. The Bertz CT molecular complexity index is 2850. The van der Waals surface area contributed by atoms with Crippen LogP contribution in [-0.4, -0.2) is 9.97 Å². The molecule has 1 unspecified atom stereocenters. The molecule has 0 N–H and O–H groups in total. The van der Waals surface area contributed by atoms with Crippen LogP contribution in [-0.2, 0) is 5.41 Å². The van der Waals surface area contributed by atoms with Crippen molar-refractivity contribution in [3.63, 3.8) is 0 Å². The van der Waals surface area contributed by atoms with Gasteiger partial charge in [0.05, 0.1) is 16.8 Å². The molecule has 2 aliphatic rings. The fourth-order valence-electron chi connectivity index (χ4n) is 8.64. The molecule has 0 bridgehead atoms. The quantitative estimate of drug-likeness (QED) is 0.186. The molecule has 0 radical (unpaired) electrons. The summed E-state index contributed by atoms with van der Waals surface area (Å²) in [5.74, 6) is 0.718. The van der Waals surface area contributed by atoms with Crippen molar-refractivity contribution in [2.45, 2.75) is 5.41 Å². The van der Waals surface area contributed by atoms with Gasteiger partial charge in [-0.25, -0.2) is 9.97 Å². The minimum Gasteiger partial charge on any atom is -0.228 e. The Labute approximate surface area is 306 Å². The highest BCUT2D eigenvalue weighted by atomic mass is 32.1. The summed E-state index contributed by atoms with van der Waals surface area (Å²) in [6.07, 6.45) is 4.60. The molecule has 7 aromatic carbocycles. The van der Waals surface area contributed by atoms with E-state index in [9.17, 15) is 0 Å². The lowest BCUT2D eigenvalue weighted by Gasteiger charge is -2.35. The molecule has 0 saturated carbocycles. The second kappa shape index (κ2) is 11.3. The van der Waals surface area contributed by atoms with Crippen molar-refractivity contribution in [3.8, 4) is 45.0 Å². The summed E-state index contributed by atoms with van der Waals surface area (Å²) in [6, 6.07) is 61.6. The Balaban J connectivity index is 1.22. The third kappa shape index (κ3) is 4.24. The van der Waals surface area contributed by atoms with Crippen molar-refractivity contribution in [1.82, 2.24) is 9.97 Å². The van der Waals surface area contributed by atoms with Gasteiger partial charge >= 0.3 is 0 Å². The topological polar surface area (TPSA) is 25.8 Å². The average molecular weight is 679 g/mol. The fraction of sp³-hybridized carbons (Fsp3) is 0.0204. The number of benzene rings is 7. The van der Waals surface area contributed by atoms with Gasteiger partial charge in [-0.2, -0.15) is 0 Å². The zero-order valence-corrected chi connectivity index (χ0v) is 28.9. The molecule has 0 aliphatic heterocycles. The highest BCUT2D eigenvalue weighted by Crippen LogP contribution is 2.60. The molecule has 0 amide bonds. The number of nitrogens with zero attached hydrogens (tertiary/aromatic N) is 2. The van der Waals surface area contributed by atoms with Crippen molar-refractivity contribution in [2.75, 3.05) is 0 Å². The van der Waals surface area contributed by atoms with Gasteiger partial charge in [-0.3, -0.25) is 0 Å². The summed E-state index contributed by atoms with van der Waals surface area (Å²) in [5, 5.41) is 2.64. The van der Waals surface area contributed by atoms with E-state index >= 15 is 0 Å². The number of rotatable bonds is 3. The molecule has 11 rings (SSSR count). The number of fused-ring (bicyclic) bond motifs is 12. The van der Waals surface area contributed by atoms with Crippen LogP contribution in [0.2, 0.25) is 0 Å². The van der Waals surface area contributed by atoms with E-state index in [-0.39, 0.29) is 0 Å².